The lowest BCUT2D eigenvalue weighted by molar-refractivity contribution is -0.0291. The molecule has 1 aromatic carbocycles. The molecule has 0 aliphatic carbocycles. The summed E-state index contributed by atoms with van der Waals surface area (Å²) in [5.74, 6) is 1.04. The van der Waals surface area contributed by atoms with E-state index in [-0.39, 0.29) is 6.04 Å². The van der Waals surface area contributed by atoms with Gasteiger partial charge < -0.3 is 15.2 Å². The molecule has 0 bridgehead atoms. The van der Waals surface area contributed by atoms with Crippen LogP contribution in [0.1, 0.15) is 30.5 Å². The highest BCUT2D eigenvalue weighted by Crippen LogP contribution is 2.31. The number of fused-ring (bicyclic) bond motifs is 1. The summed E-state index contributed by atoms with van der Waals surface area (Å²) in [6.07, 6.45) is 2.12. The summed E-state index contributed by atoms with van der Waals surface area (Å²) in [6.45, 7) is 6.27. The molecule has 0 saturated carbocycles. The number of hydrogen-bond donors (Lipinski definition) is 1. The molecule has 0 amide bonds. The molecule has 20 heavy (non-hydrogen) atoms. The van der Waals surface area contributed by atoms with Gasteiger partial charge in [-0.3, -0.25) is 4.90 Å². The molecule has 4 heteroatoms. The van der Waals surface area contributed by atoms with E-state index in [0.29, 0.717) is 12.6 Å². The van der Waals surface area contributed by atoms with E-state index in [1.165, 1.54) is 11.1 Å². The number of nitrogens with zero attached hydrogens (tertiary/aromatic N) is 1. The van der Waals surface area contributed by atoms with Gasteiger partial charge in [0.1, 0.15) is 5.75 Å². The van der Waals surface area contributed by atoms with Gasteiger partial charge in [0, 0.05) is 31.6 Å². The summed E-state index contributed by atoms with van der Waals surface area (Å²) in [5, 5.41) is 0. The molecule has 0 radical (unpaired) electrons. The Bertz CT molecular complexity index is 464. The summed E-state index contributed by atoms with van der Waals surface area (Å²) < 4.78 is 11.2. The Morgan fingerprint density at radius 3 is 3.10 bits per heavy atom. The Morgan fingerprint density at radius 2 is 2.30 bits per heavy atom. The highest BCUT2D eigenvalue weighted by molar-refractivity contribution is 5.41. The molecule has 2 unspecified atom stereocenters. The van der Waals surface area contributed by atoms with E-state index in [9.17, 15) is 0 Å². The number of hydrogen-bond acceptors (Lipinski definition) is 4. The lowest BCUT2D eigenvalue weighted by Crippen LogP contribution is -2.48. The number of ether oxygens (including phenoxy) is 2. The molecule has 1 fully saturated rings. The van der Waals surface area contributed by atoms with Crippen molar-refractivity contribution in [1.82, 2.24) is 4.90 Å². The van der Waals surface area contributed by atoms with Crippen molar-refractivity contribution in [3.63, 3.8) is 0 Å². The number of morpholine rings is 1. The molecule has 1 aromatic rings. The lowest BCUT2D eigenvalue weighted by atomic mass is 9.99. The molecule has 2 aliphatic rings. The van der Waals surface area contributed by atoms with Crippen molar-refractivity contribution in [2.75, 3.05) is 32.9 Å². The van der Waals surface area contributed by atoms with Gasteiger partial charge in [-0.25, -0.2) is 0 Å². The van der Waals surface area contributed by atoms with E-state index < -0.39 is 0 Å². The van der Waals surface area contributed by atoms with Crippen LogP contribution in [0.3, 0.4) is 0 Å². The maximum atomic E-state index is 6.08. The van der Waals surface area contributed by atoms with Crippen molar-refractivity contribution >= 4 is 0 Å². The number of nitrogens with two attached hydrogens (primary N) is 1. The van der Waals surface area contributed by atoms with Crippen LogP contribution in [-0.2, 0) is 11.2 Å². The highest BCUT2D eigenvalue weighted by Gasteiger charge is 2.29. The van der Waals surface area contributed by atoms with Gasteiger partial charge in [0.2, 0.25) is 0 Å². The molecule has 3 rings (SSSR count). The molecule has 2 N–H and O–H groups in total. The fourth-order valence-corrected chi connectivity index (χ4v) is 3.31. The smallest absolute Gasteiger partial charge is 0.122 e. The van der Waals surface area contributed by atoms with E-state index in [1.807, 2.05) is 0 Å². The van der Waals surface area contributed by atoms with Gasteiger partial charge in [-0.1, -0.05) is 19.1 Å². The first-order chi connectivity index (χ1) is 9.83. The third-order valence-electron chi connectivity index (χ3n) is 4.47. The topological polar surface area (TPSA) is 47.7 Å². The summed E-state index contributed by atoms with van der Waals surface area (Å²) in [7, 11) is 0. The minimum atomic E-state index is 0.287. The molecule has 1 saturated heterocycles. The number of rotatable bonds is 4. The van der Waals surface area contributed by atoms with Crippen molar-refractivity contribution in [2.45, 2.75) is 31.8 Å². The van der Waals surface area contributed by atoms with Crippen LogP contribution in [0, 0.1) is 0 Å². The Hall–Kier alpha value is -1.10. The van der Waals surface area contributed by atoms with Crippen LogP contribution in [0.15, 0.2) is 18.2 Å². The van der Waals surface area contributed by atoms with Gasteiger partial charge in [-0.05, 0) is 23.6 Å². The van der Waals surface area contributed by atoms with Crippen LogP contribution in [0.5, 0.6) is 5.75 Å². The Balaban J connectivity index is 1.85. The summed E-state index contributed by atoms with van der Waals surface area (Å²) in [6, 6.07) is 7.31. The third kappa shape index (κ3) is 2.55. The Morgan fingerprint density at radius 1 is 1.40 bits per heavy atom. The van der Waals surface area contributed by atoms with Crippen LogP contribution in [0.2, 0.25) is 0 Å². The molecule has 4 nitrogen and oxygen atoms in total. The highest BCUT2D eigenvalue weighted by atomic mass is 16.5. The molecular weight excluding hydrogens is 252 g/mol. The fourth-order valence-electron chi connectivity index (χ4n) is 3.31. The van der Waals surface area contributed by atoms with Crippen molar-refractivity contribution in [3.05, 3.63) is 29.3 Å². The average Bonchev–Trinajstić information content (AvgIpc) is 2.96. The van der Waals surface area contributed by atoms with Gasteiger partial charge in [-0.2, -0.15) is 0 Å². The van der Waals surface area contributed by atoms with E-state index >= 15 is 0 Å². The van der Waals surface area contributed by atoms with Gasteiger partial charge >= 0.3 is 0 Å². The first-order valence-corrected chi connectivity index (χ1v) is 7.62. The van der Waals surface area contributed by atoms with Crippen molar-refractivity contribution in [3.8, 4) is 5.75 Å². The lowest BCUT2D eigenvalue weighted by Gasteiger charge is -2.40. The largest absolute Gasteiger partial charge is 0.493 e. The Kier molecular flexibility index (Phi) is 4.24. The first kappa shape index (κ1) is 13.9. The summed E-state index contributed by atoms with van der Waals surface area (Å²) in [4.78, 5) is 2.51. The number of benzene rings is 1. The van der Waals surface area contributed by atoms with Crippen molar-refractivity contribution in [2.24, 2.45) is 5.73 Å². The van der Waals surface area contributed by atoms with Gasteiger partial charge in [0.25, 0.3) is 0 Å². The van der Waals surface area contributed by atoms with Gasteiger partial charge in [0.05, 0.1) is 19.8 Å². The second-order valence-corrected chi connectivity index (χ2v) is 5.59. The molecule has 110 valence electrons. The SMILES string of the molecule is CCC1COCCN1C(CN)c1ccc2c(c1)CCO2. The Labute approximate surface area is 120 Å². The normalized spacial score (nSPS) is 24.2. The molecular formula is C16H24N2O2. The molecule has 0 spiro atoms. The second-order valence-electron chi connectivity index (χ2n) is 5.59. The maximum Gasteiger partial charge on any atom is 0.122 e. The molecule has 2 atom stereocenters. The molecule has 2 aliphatic heterocycles. The summed E-state index contributed by atoms with van der Waals surface area (Å²) >= 11 is 0. The first-order valence-electron chi connectivity index (χ1n) is 7.62. The predicted molar refractivity (Wildman–Crippen MR) is 79.0 cm³/mol. The molecule has 2 heterocycles. The third-order valence-corrected chi connectivity index (χ3v) is 4.47. The fraction of sp³-hybridized carbons (Fsp3) is 0.625. The van der Waals surface area contributed by atoms with Crippen LogP contribution in [0.25, 0.3) is 0 Å². The van der Waals surface area contributed by atoms with Crippen molar-refractivity contribution < 1.29 is 9.47 Å². The maximum absolute atomic E-state index is 6.08. The monoisotopic (exact) mass is 276 g/mol. The second kappa shape index (κ2) is 6.12. The zero-order valence-electron chi connectivity index (χ0n) is 12.2. The zero-order chi connectivity index (χ0) is 13.9. The predicted octanol–water partition coefficient (Wildman–Crippen LogP) is 1.73. The van der Waals surface area contributed by atoms with E-state index in [1.54, 1.807) is 0 Å². The minimum absolute atomic E-state index is 0.287. The van der Waals surface area contributed by atoms with Crippen LogP contribution >= 0.6 is 0 Å². The van der Waals surface area contributed by atoms with Crippen molar-refractivity contribution in [1.29, 1.82) is 0 Å². The molecule has 0 aromatic heterocycles. The van der Waals surface area contributed by atoms with Crippen LogP contribution < -0.4 is 10.5 Å². The quantitative estimate of drug-likeness (QED) is 0.910. The average molecular weight is 276 g/mol. The minimum Gasteiger partial charge on any atom is -0.493 e. The van der Waals surface area contributed by atoms with E-state index in [2.05, 4.69) is 30.0 Å². The van der Waals surface area contributed by atoms with Crippen LogP contribution in [0.4, 0.5) is 0 Å². The van der Waals surface area contributed by atoms with Gasteiger partial charge in [0.15, 0.2) is 0 Å². The standard InChI is InChI=1S/C16H24N2O2/c1-2-14-11-19-8-6-18(14)15(10-17)12-3-4-16-13(9-12)5-7-20-16/h3-4,9,14-15H,2,5-8,10-11,17H2,1H3. The van der Waals surface area contributed by atoms with E-state index in [0.717, 1.165) is 45.0 Å². The summed E-state index contributed by atoms with van der Waals surface area (Å²) in [5.41, 5.74) is 8.72. The van der Waals surface area contributed by atoms with E-state index in [4.69, 9.17) is 15.2 Å². The van der Waals surface area contributed by atoms with Gasteiger partial charge in [-0.15, -0.1) is 0 Å². The zero-order valence-corrected chi connectivity index (χ0v) is 12.2. The van der Waals surface area contributed by atoms with Crippen LogP contribution in [-0.4, -0.2) is 43.9 Å².